The molecule has 0 heterocycles. The van der Waals surface area contributed by atoms with E-state index >= 15 is 0 Å². The summed E-state index contributed by atoms with van der Waals surface area (Å²) in [5.41, 5.74) is 1.19. The summed E-state index contributed by atoms with van der Waals surface area (Å²) in [7, 11) is -4.51. The summed E-state index contributed by atoms with van der Waals surface area (Å²) in [4.78, 5) is 12.2. The van der Waals surface area contributed by atoms with Crippen LogP contribution in [-0.4, -0.2) is 26.9 Å². The van der Waals surface area contributed by atoms with Gasteiger partial charge in [-0.05, 0) is 52.6 Å². The lowest BCUT2D eigenvalue weighted by molar-refractivity contribution is -0.121. The Morgan fingerprint density at radius 2 is 1.52 bits per heavy atom. The van der Waals surface area contributed by atoms with Crippen molar-refractivity contribution in [3.05, 3.63) is 89.5 Å². The van der Waals surface area contributed by atoms with Crippen LogP contribution in [0.3, 0.4) is 0 Å². The lowest BCUT2D eigenvalue weighted by Crippen LogP contribution is -2.33. The molecule has 10 heteroatoms. The van der Waals surface area contributed by atoms with Gasteiger partial charge in [-0.2, -0.15) is 13.2 Å². The lowest BCUT2D eigenvalue weighted by Gasteiger charge is -2.14. The Morgan fingerprint density at radius 3 is 2.18 bits per heavy atom. The van der Waals surface area contributed by atoms with Crippen LogP contribution in [0, 0.1) is 11.6 Å². The zero-order valence-corrected chi connectivity index (χ0v) is 17.8. The number of carbonyl (C=O) groups excluding carboxylic acids is 1. The molecule has 3 rings (SSSR count). The molecule has 0 saturated heterocycles. The van der Waals surface area contributed by atoms with Gasteiger partial charge in [-0.15, -0.1) is 0 Å². The summed E-state index contributed by atoms with van der Waals surface area (Å²) in [6.45, 7) is -1.75. The molecule has 174 valence electrons. The lowest BCUT2D eigenvalue weighted by atomic mass is 9.94. The quantitative estimate of drug-likeness (QED) is 0.467. The van der Waals surface area contributed by atoms with Crippen molar-refractivity contribution < 1.29 is 35.2 Å². The Morgan fingerprint density at radius 1 is 0.848 bits per heavy atom. The number of nitrogens with one attached hydrogen (secondary N) is 1. The predicted molar refractivity (Wildman–Crippen MR) is 112 cm³/mol. The van der Waals surface area contributed by atoms with Crippen LogP contribution in [0.25, 0.3) is 11.1 Å². The summed E-state index contributed by atoms with van der Waals surface area (Å²) in [5, 5.41) is 0. The van der Waals surface area contributed by atoms with E-state index in [1.54, 1.807) is 30.3 Å². The van der Waals surface area contributed by atoms with E-state index in [0.717, 1.165) is 30.3 Å². The van der Waals surface area contributed by atoms with Crippen molar-refractivity contribution in [2.45, 2.75) is 23.9 Å². The second-order valence-electron chi connectivity index (χ2n) is 7.25. The van der Waals surface area contributed by atoms with Crippen LogP contribution in [0.1, 0.15) is 11.1 Å². The molecule has 0 atom stereocenters. The number of rotatable bonds is 8. The topological polar surface area (TPSA) is 63.2 Å². The number of halogens is 5. The third-order valence-electron chi connectivity index (χ3n) is 4.72. The van der Waals surface area contributed by atoms with Gasteiger partial charge in [0.1, 0.15) is 24.0 Å². The fourth-order valence-electron chi connectivity index (χ4n) is 3.21. The van der Waals surface area contributed by atoms with E-state index in [0.29, 0.717) is 11.1 Å². The van der Waals surface area contributed by atoms with Gasteiger partial charge in [0.15, 0.2) is 0 Å². The van der Waals surface area contributed by atoms with Crippen molar-refractivity contribution in [1.82, 2.24) is 4.72 Å². The first-order chi connectivity index (χ1) is 15.4. The molecule has 0 aliphatic rings. The summed E-state index contributed by atoms with van der Waals surface area (Å²) >= 11 is 0. The Bertz CT molecular complexity index is 1260. The molecule has 0 radical (unpaired) electrons. The number of carbonyl (C=O) groups is 1. The molecular formula is C23H18F5NO3S. The first-order valence-corrected chi connectivity index (χ1v) is 11.1. The molecule has 0 aromatic heterocycles. The van der Waals surface area contributed by atoms with E-state index in [2.05, 4.69) is 0 Å². The van der Waals surface area contributed by atoms with Crippen molar-refractivity contribution in [3.8, 4) is 11.1 Å². The average molecular weight is 483 g/mol. The van der Waals surface area contributed by atoms with E-state index < -0.39 is 51.5 Å². The number of ketones is 1. The van der Waals surface area contributed by atoms with Crippen molar-refractivity contribution in [3.63, 3.8) is 0 Å². The van der Waals surface area contributed by atoms with Crippen molar-refractivity contribution in [2.24, 2.45) is 0 Å². The molecular weight excluding hydrogens is 465 g/mol. The molecule has 0 fully saturated rings. The third-order valence-corrected chi connectivity index (χ3v) is 6.12. The second-order valence-corrected chi connectivity index (χ2v) is 9.02. The third kappa shape index (κ3) is 6.69. The van der Waals surface area contributed by atoms with E-state index in [9.17, 15) is 35.2 Å². The number of Topliss-reactive ketones (excluding diaryl/α,β-unsaturated/α-hetero) is 1. The fourth-order valence-corrected chi connectivity index (χ4v) is 4.27. The zero-order chi connectivity index (χ0) is 24.2. The molecule has 0 spiro atoms. The van der Waals surface area contributed by atoms with Gasteiger partial charge in [-0.25, -0.2) is 21.9 Å². The molecule has 0 aliphatic heterocycles. The average Bonchev–Trinajstić information content (AvgIpc) is 2.75. The van der Waals surface area contributed by atoms with E-state index in [1.807, 2.05) is 0 Å². The highest BCUT2D eigenvalue weighted by atomic mass is 32.2. The minimum atomic E-state index is -4.75. The van der Waals surface area contributed by atoms with E-state index in [1.165, 1.54) is 10.8 Å². The Kier molecular flexibility index (Phi) is 7.28. The minimum Gasteiger partial charge on any atom is -0.299 e. The smallest absolute Gasteiger partial charge is 0.299 e. The minimum absolute atomic E-state index is 0.156. The maximum absolute atomic E-state index is 13.9. The monoisotopic (exact) mass is 483 g/mol. The molecule has 3 aromatic carbocycles. The number of alkyl halides is 3. The van der Waals surface area contributed by atoms with Gasteiger partial charge in [0.2, 0.25) is 10.0 Å². The maximum atomic E-state index is 13.9. The van der Waals surface area contributed by atoms with Gasteiger partial charge in [-0.1, -0.05) is 36.4 Å². The molecule has 0 unspecified atom stereocenters. The van der Waals surface area contributed by atoms with Crippen LogP contribution >= 0.6 is 0 Å². The van der Waals surface area contributed by atoms with Crippen LogP contribution < -0.4 is 4.72 Å². The fraction of sp³-hybridized carbons (Fsp3) is 0.174. The molecule has 0 saturated carbocycles. The number of benzene rings is 3. The Hall–Kier alpha value is -3.11. The normalized spacial score (nSPS) is 12.0. The highest BCUT2D eigenvalue weighted by Crippen LogP contribution is 2.28. The van der Waals surface area contributed by atoms with Crippen molar-refractivity contribution in [1.29, 1.82) is 0 Å². The van der Waals surface area contributed by atoms with E-state index in [-0.39, 0.29) is 17.5 Å². The van der Waals surface area contributed by atoms with Gasteiger partial charge in [0.25, 0.3) is 0 Å². The number of sulfonamides is 1. The SMILES string of the molecule is O=C(Cc1cc(F)ccc1F)Cc1cc(S(=O)(=O)NCC(F)(F)F)ccc1-c1ccccc1. The molecule has 33 heavy (non-hydrogen) atoms. The molecule has 1 N–H and O–H groups in total. The summed E-state index contributed by atoms with van der Waals surface area (Å²) in [6.07, 6.45) is -5.53. The number of hydrogen-bond acceptors (Lipinski definition) is 3. The van der Waals surface area contributed by atoms with Gasteiger partial charge in [0, 0.05) is 12.8 Å². The molecule has 0 amide bonds. The largest absolute Gasteiger partial charge is 0.402 e. The first-order valence-electron chi connectivity index (χ1n) is 9.65. The summed E-state index contributed by atoms with van der Waals surface area (Å²) in [6, 6.07) is 15.0. The highest BCUT2D eigenvalue weighted by Gasteiger charge is 2.30. The summed E-state index contributed by atoms with van der Waals surface area (Å²) in [5.74, 6) is -2.01. The highest BCUT2D eigenvalue weighted by molar-refractivity contribution is 7.89. The van der Waals surface area contributed by atoms with Gasteiger partial charge in [-0.3, -0.25) is 4.79 Å². The van der Waals surface area contributed by atoms with Gasteiger partial charge in [0.05, 0.1) is 4.90 Å². The second kappa shape index (κ2) is 9.80. The molecule has 4 nitrogen and oxygen atoms in total. The Labute approximate surface area is 187 Å². The zero-order valence-electron chi connectivity index (χ0n) is 17.0. The summed E-state index contributed by atoms with van der Waals surface area (Å²) < 4.78 is 90.9. The van der Waals surface area contributed by atoms with E-state index in [4.69, 9.17) is 0 Å². The molecule has 0 bridgehead atoms. The Balaban J connectivity index is 1.95. The van der Waals surface area contributed by atoms with Crippen molar-refractivity contribution in [2.75, 3.05) is 6.54 Å². The van der Waals surface area contributed by atoms with Crippen LogP contribution in [0.15, 0.2) is 71.6 Å². The van der Waals surface area contributed by atoms with Gasteiger partial charge >= 0.3 is 6.18 Å². The van der Waals surface area contributed by atoms with Crippen LogP contribution in [0.5, 0.6) is 0 Å². The van der Waals surface area contributed by atoms with Crippen molar-refractivity contribution >= 4 is 15.8 Å². The number of hydrogen-bond donors (Lipinski definition) is 1. The molecule has 3 aromatic rings. The van der Waals surface area contributed by atoms with Crippen LogP contribution in [-0.2, 0) is 27.7 Å². The standard InChI is InChI=1S/C23H18F5NO3S/c24-18-6-9-22(25)17(10-18)12-19(30)11-16-13-20(33(31,32)29-14-23(26,27)28)7-8-21(16)15-4-2-1-3-5-15/h1-10,13,29H,11-12,14H2. The maximum Gasteiger partial charge on any atom is 0.402 e. The van der Waals surface area contributed by atoms with Gasteiger partial charge < -0.3 is 0 Å². The van der Waals surface area contributed by atoms with Crippen LogP contribution in [0.2, 0.25) is 0 Å². The molecule has 0 aliphatic carbocycles. The predicted octanol–water partition coefficient (Wildman–Crippen LogP) is 4.83. The first kappa shape index (κ1) is 24.5. The van der Waals surface area contributed by atoms with Crippen LogP contribution in [0.4, 0.5) is 22.0 Å².